The van der Waals surface area contributed by atoms with Crippen molar-refractivity contribution in [2.45, 2.75) is 40.7 Å². The highest BCUT2D eigenvalue weighted by atomic mass is 16.1. The van der Waals surface area contributed by atoms with E-state index in [0.29, 0.717) is 0 Å². The summed E-state index contributed by atoms with van der Waals surface area (Å²) in [5, 5.41) is 2.96. The Morgan fingerprint density at radius 3 is 2.56 bits per heavy atom. The molecule has 0 aliphatic carbocycles. The molecule has 1 aromatic rings. The van der Waals surface area contributed by atoms with Gasteiger partial charge in [-0.15, -0.1) is 0 Å². The van der Waals surface area contributed by atoms with Gasteiger partial charge in [0.1, 0.15) is 0 Å². The van der Waals surface area contributed by atoms with Crippen molar-refractivity contribution in [3.63, 3.8) is 0 Å². The number of hydrogen-bond donors (Lipinski definition) is 1. The largest absolute Gasteiger partial charge is 0.350 e. The lowest BCUT2D eigenvalue weighted by Crippen LogP contribution is -2.40. The lowest BCUT2D eigenvalue weighted by molar-refractivity contribution is -0.117. The number of carbonyl (C=O) groups excluding carboxylic acids is 1. The molecule has 1 heterocycles. The van der Waals surface area contributed by atoms with Gasteiger partial charge in [0, 0.05) is 24.0 Å². The van der Waals surface area contributed by atoms with Crippen molar-refractivity contribution in [1.29, 1.82) is 0 Å². The molecule has 0 fully saturated rings. The highest BCUT2D eigenvalue weighted by Gasteiger charge is 2.20. The third-order valence-corrected chi connectivity index (χ3v) is 3.02. The maximum atomic E-state index is 11.7. The normalized spacial score (nSPS) is 13.6. The minimum Gasteiger partial charge on any atom is -0.350 e. The van der Waals surface area contributed by atoms with E-state index >= 15 is 0 Å². The third-order valence-electron chi connectivity index (χ3n) is 3.02. The van der Waals surface area contributed by atoms with Crippen LogP contribution < -0.4 is 5.32 Å². The standard InChI is InChI=1S/C15H22N2O/c1-11-6-7-13(10-16-11)8-9-14(18)17-12(2)15(3,4)5/h6-10,12H,1-5H3,(H,17,18)/b9-8+. The first-order chi connectivity index (χ1) is 8.29. The molecule has 0 aliphatic rings. The molecular weight excluding hydrogens is 224 g/mol. The molecule has 0 aromatic carbocycles. The number of rotatable bonds is 3. The van der Waals surface area contributed by atoms with E-state index in [4.69, 9.17) is 0 Å². The van der Waals surface area contributed by atoms with Gasteiger partial charge in [-0.1, -0.05) is 26.8 Å². The van der Waals surface area contributed by atoms with Crippen LogP contribution in [0.5, 0.6) is 0 Å². The topological polar surface area (TPSA) is 42.0 Å². The van der Waals surface area contributed by atoms with Crippen molar-refractivity contribution in [1.82, 2.24) is 10.3 Å². The van der Waals surface area contributed by atoms with Gasteiger partial charge >= 0.3 is 0 Å². The van der Waals surface area contributed by atoms with E-state index in [1.54, 1.807) is 18.3 Å². The zero-order chi connectivity index (χ0) is 13.8. The van der Waals surface area contributed by atoms with E-state index in [-0.39, 0.29) is 17.4 Å². The van der Waals surface area contributed by atoms with Crippen molar-refractivity contribution in [3.05, 3.63) is 35.7 Å². The lowest BCUT2D eigenvalue weighted by atomic mass is 9.88. The Kier molecular flexibility index (Phi) is 4.65. The summed E-state index contributed by atoms with van der Waals surface area (Å²) in [6, 6.07) is 4.00. The first-order valence-corrected chi connectivity index (χ1v) is 6.20. The van der Waals surface area contributed by atoms with Crippen LogP contribution in [-0.2, 0) is 4.79 Å². The Morgan fingerprint density at radius 2 is 2.06 bits per heavy atom. The number of aryl methyl sites for hydroxylation is 1. The van der Waals surface area contributed by atoms with Crippen molar-refractivity contribution in [3.8, 4) is 0 Å². The van der Waals surface area contributed by atoms with Crippen LogP contribution in [0.4, 0.5) is 0 Å². The Bertz CT molecular complexity index is 427. The maximum absolute atomic E-state index is 11.7. The third kappa shape index (κ3) is 4.70. The van der Waals surface area contributed by atoms with Crippen LogP contribution in [0.25, 0.3) is 6.08 Å². The molecule has 0 spiro atoms. The van der Waals surface area contributed by atoms with E-state index in [2.05, 4.69) is 31.1 Å². The lowest BCUT2D eigenvalue weighted by Gasteiger charge is -2.27. The van der Waals surface area contributed by atoms with Crippen LogP contribution in [0, 0.1) is 12.3 Å². The maximum Gasteiger partial charge on any atom is 0.244 e. The molecular formula is C15H22N2O. The Morgan fingerprint density at radius 1 is 1.39 bits per heavy atom. The van der Waals surface area contributed by atoms with Gasteiger partial charge in [-0.3, -0.25) is 9.78 Å². The number of pyridine rings is 1. The zero-order valence-corrected chi connectivity index (χ0v) is 11.8. The molecule has 0 saturated carbocycles. The molecule has 0 aliphatic heterocycles. The summed E-state index contributed by atoms with van der Waals surface area (Å²) >= 11 is 0. The Labute approximate surface area is 109 Å². The number of amides is 1. The average Bonchev–Trinajstić information content (AvgIpc) is 2.27. The second-order valence-electron chi connectivity index (χ2n) is 5.66. The van der Waals surface area contributed by atoms with Crippen LogP contribution in [0.1, 0.15) is 39.0 Å². The minimum atomic E-state index is -0.0713. The summed E-state index contributed by atoms with van der Waals surface area (Å²) in [7, 11) is 0. The molecule has 98 valence electrons. The first kappa shape index (κ1) is 14.4. The SMILES string of the molecule is Cc1ccc(/C=C/C(=O)NC(C)C(C)(C)C)cn1. The predicted octanol–water partition coefficient (Wildman–Crippen LogP) is 2.95. The highest BCUT2D eigenvalue weighted by Crippen LogP contribution is 2.18. The smallest absolute Gasteiger partial charge is 0.244 e. The molecule has 0 saturated heterocycles. The summed E-state index contributed by atoms with van der Waals surface area (Å²) in [4.78, 5) is 15.9. The van der Waals surface area contributed by atoms with Gasteiger partial charge in [-0.25, -0.2) is 0 Å². The molecule has 1 amide bonds. The molecule has 0 bridgehead atoms. The number of nitrogens with one attached hydrogen (secondary N) is 1. The summed E-state index contributed by atoms with van der Waals surface area (Å²) < 4.78 is 0. The predicted molar refractivity (Wildman–Crippen MR) is 75.1 cm³/mol. The average molecular weight is 246 g/mol. The summed E-state index contributed by atoms with van der Waals surface area (Å²) in [5.74, 6) is -0.0713. The van der Waals surface area contributed by atoms with Gasteiger partial charge in [0.2, 0.25) is 5.91 Å². The fourth-order valence-electron chi connectivity index (χ4n) is 1.23. The fourth-order valence-corrected chi connectivity index (χ4v) is 1.23. The van der Waals surface area contributed by atoms with Crippen LogP contribution in [0.3, 0.4) is 0 Å². The van der Waals surface area contributed by atoms with E-state index in [1.165, 1.54) is 0 Å². The van der Waals surface area contributed by atoms with Crippen molar-refractivity contribution < 1.29 is 4.79 Å². The summed E-state index contributed by atoms with van der Waals surface area (Å²) in [5.41, 5.74) is 1.96. The number of aromatic nitrogens is 1. The van der Waals surface area contributed by atoms with Crippen molar-refractivity contribution in [2.24, 2.45) is 5.41 Å². The fraction of sp³-hybridized carbons (Fsp3) is 0.467. The van der Waals surface area contributed by atoms with Gasteiger partial charge in [-0.2, -0.15) is 0 Å². The monoisotopic (exact) mass is 246 g/mol. The Balaban J connectivity index is 2.57. The summed E-state index contributed by atoms with van der Waals surface area (Å²) in [6.45, 7) is 10.3. The van der Waals surface area contributed by atoms with E-state index in [0.717, 1.165) is 11.3 Å². The zero-order valence-electron chi connectivity index (χ0n) is 11.8. The second-order valence-corrected chi connectivity index (χ2v) is 5.66. The van der Waals surface area contributed by atoms with Crippen LogP contribution in [-0.4, -0.2) is 16.9 Å². The molecule has 1 rings (SSSR count). The van der Waals surface area contributed by atoms with Crippen LogP contribution in [0.15, 0.2) is 24.4 Å². The van der Waals surface area contributed by atoms with Crippen LogP contribution >= 0.6 is 0 Å². The van der Waals surface area contributed by atoms with E-state index < -0.39 is 0 Å². The highest BCUT2D eigenvalue weighted by molar-refractivity contribution is 5.91. The molecule has 1 aromatic heterocycles. The molecule has 0 radical (unpaired) electrons. The number of hydrogen-bond acceptors (Lipinski definition) is 2. The summed E-state index contributed by atoms with van der Waals surface area (Å²) in [6.07, 6.45) is 5.08. The first-order valence-electron chi connectivity index (χ1n) is 6.20. The Hall–Kier alpha value is -1.64. The van der Waals surface area contributed by atoms with Crippen molar-refractivity contribution >= 4 is 12.0 Å². The van der Waals surface area contributed by atoms with Crippen LogP contribution in [0.2, 0.25) is 0 Å². The van der Waals surface area contributed by atoms with Gasteiger partial charge in [0.05, 0.1) is 0 Å². The second kappa shape index (κ2) is 5.80. The minimum absolute atomic E-state index is 0.0644. The molecule has 3 heteroatoms. The van der Waals surface area contributed by atoms with Gasteiger partial charge in [0.15, 0.2) is 0 Å². The van der Waals surface area contributed by atoms with Gasteiger partial charge in [-0.05, 0) is 37.0 Å². The molecule has 1 N–H and O–H groups in total. The van der Waals surface area contributed by atoms with Gasteiger partial charge < -0.3 is 5.32 Å². The van der Waals surface area contributed by atoms with Crippen molar-refractivity contribution in [2.75, 3.05) is 0 Å². The number of nitrogens with zero attached hydrogens (tertiary/aromatic N) is 1. The molecule has 3 nitrogen and oxygen atoms in total. The van der Waals surface area contributed by atoms with E-state index in [1.807, 2.05) is 26.0 Å². The molecule has 1 unspecified atom stereocenters. The number of carbonyl (C=O) groups is 1. The quantitative estimate of drug-likeness (QED) is 0.833. The molecule has 18 heavy (non-hydrogen) atoms. The molecule has 1 atom stereocenters. The van der Waals surface area contributed by atoms with Gasteiger partial charge in [0.25, 0.3) is 0 Å². The van der Waals surface area contributed by atoms with E-state index in [9.17, 15) is 4.79 Å².